The van der Waals surface area contributed by atoms with Crippen molar-refractivity contribution in [3.8, 4) is 6.07 Å². The van der Waals surface area contributed by atoms with Crippen LogP contribution < -0.4 is 10.5 Å². The monoisotopic (exact) mass is 340 g/mol. The van der Waals surface area contributed by atoms with E-state index >= 15 is 0 Å². The molecular weight excluding hydrogens is 316 g/mol. The van der Waals surface area contributed by atoms with Crippen molar-refractivity contribution in [3.05, 3.63) is 33.8 Å². The first kappa shape index (κ1) is 17.4. The third kappa shape index (κ3) is 3.49. The van der Waals surface area contributed by atoms with Crippen LogP contribution in [0.5, 0.6) is 0 Å². The third-order valence-corrected chi connectivity index (χ3v) is 5.06. The van der Waals surface area contributed by atoms with Gasteiger partial charge in [0.25, 0.3) is 5.56 Å². The number of anilines is 1. The number of rotatable bonds is 4. The Labute approximate surface area is 147 Å². The van der Waals surface area contributed by atoms with Crippen molar-refractivity contribution < 1.29 is 0 Å². The van der Waals surface area contributed by atoms with Crippen molar-refractivity contribution in [2.45, 2.75) is 32.7 Å². The fourth-order valence-electron chi connectivity index (χ4n) is 3.64. The van der Waals surface area contributed by atoms with Crippen molar-refractivity contribution in [2.24, 2.45) is 4.99 Å². The molecule has 1 aromatic heterocycles. The number of nitrogens with zero attached hydrogens (tertiary/aromatic N) is 5. The van der Waals surface area contributed by atoms with Crippen LogP contribution >= 0.6 is 0 Å². The van der Waals surface area contributed by atoms with E-state index in [1.54, 1.807) is 6.20 Å². The molecule has 132 valence electrons. The average Bonchev–Trinajstić information content (AvgIpc) is 2.67. The number of aromatic amines is 1. The second-order valence-electron chi connectivity index (χ2n) is 6.40. The molecule has 0 radical (unpaired) electrons. The summed E-state index contributed by atoms with van der Waals surface area (Å²) in [6, 6.07) is 2.34. The number of dihydropyridines is 1. The van der Waals surface area contributed by atoms with Crippen LogP contribution in [0.15, 0.2) is 27.6 Å². The Hall–Kier alpha value is -2.46. The molecule has 0 bridgehead atoms. The molecule has 1 atom stereocenters. The molecule has 7 heteroatoms. The summed E-state index contributed by atoms with van der Waals surface area (Å²) in [7, 11) is 0. The second kappa shape index (κ2) is 7.62. The van der Waals surface area contributed by atoms with E-state index in [0.717, 1.165) is 45.6 Å². The van der Waals surface area contributed by atoms with Gasteiger partial charge in [-0.25, -0.2) is 5.10 Å². The summed E-state index contributed by atoms with van der Waals surface area (Å²) >= 11 is 0. The number of hydrogen-bond acceptors (Lipinski definition) is 6. The molecule has 0 spiro atoms. The van der Waals surface area contributed by atoms with Gasteiger partial charge in [-0.3, -0.25) is 14.7 Å². The molecule has 1 saturated heterocycles. The van der Waals surface area contributed by atoms with Crippen molar-refractivity contribution in [1.82, 2.24) is 15.1 Å². The van der Waals surface area contributed by atoms with E-state index in [-0.39, 0.29) is 5.56 Å². The van der Waals surface area contributed by atoms with E-state index in [0.29, 0.717) is 11.7 Å². The zero-order valence-electron chi connectivity index (χ0n) is 14.8. The first-order chi connectivity index (χ1) is 12.2. The van der Waals surface area contributed by atoms with Gasteiger partial charge in [0.2, 0.25) is 0 Å². The predicted molar refractivity (Wildman–Crippen MR) is 98.1 cm³/mol. The lowest BCUT2D eigenvalue weighted by Gasteiger charge is -2.40. The van der Waals surface area contributed by atoms with Crippen LogP contribution in [0.2, 0.25) is 0 Å². The van der Waals surface area contributed by atoms with Crippen molar-refractivity contribution in [2.75, 3.05) is 37.6 Å². The number of aliphatic imine (C=N–C) groups is 1. The van der Waals surface area contributed by atoms with Gasteiger partial charge in [-0.1, -0.05) is 13.0 Å². The van der Waals surface area contributed by atoms with Gasteiger partial charge < -0.3 is 4.90 Å². The van der Waals surface area contributed by atoms with Crippen molar-refractivity contribution in [1.29, 1.82) is 5.26 Å². The van der Waals surface area contributed by atoms with Gasteiger partial charge in [0.1, 0.15) is 11.6 Å². The van der Waals surface area contributed by atoms with Gasteiger partial charge in [-0.15, -0.1) is 0 Å². The van der Waals surface area contributed by atoms with Crippen molar-refractivity contribution >= 4 is 11.4 Å². The van der Waals surface area contributed by atoms with E-state index < -0.39 is 5.56 Å². The van der Waals surface area contributed by atoms with Gasteiger partial charge in [0.15, 0.2) is 0 Å². The summed E-state index contributed by atoms with van der Waals surface area (Å²) in [5.74, 6) is 0. The second-order valence-corrected chi connectivity index (χ2v) is 6.40. The lowest BCUT2D eigenvalue weighted by atomic mass is 9.96. The smallest absolute Gasteiger partial charge is 0.284 e. The number of piperazine rings is 1. The maximum atomic E-state index is 11.8. The molecule has 0 aliphatic carbocycles. The number of nitrogens with one attached hydrogen (secondary N) is 1. The highest BCUT2D eigenvalue weighted by Gasteiger charge is 2.27. The Bertz CT molecular complexity index is 779. The highest BCUT2D eigenvalue weighted by molar-refractivity contribution is 6.01. The first-order valence-electron chi connectivity index (χ1n) is 8.86. The molecule has 2 aliphatic rings. The van der Waals surface area contributed by atoms with Crippen LogP contribution in [0.3, 0.4) is 0 Å². The highest BCUT2D eigenvalue weighted by atomic mass is 16.1. The zero-order valence-corrected chi connectivity index (χ0v) is 14.8. The number of aromatic nitrogens is 2. The number of hydrogen-bond donors (Lipinski definition) is 1. The SMILES string of the molecule is CCC1=NCCC=C1[C@H](C)N1CCN(c2cn[nH]c(=O)c2C#N)CC1. The minimum absolute atomic E-state index is 0.145. The molecule has 1 N–H and O–H groups in total. The number of H-pyrrole nitrogens is 1. The van der Waals surface area contributed by atoms with Gasteiger partial charge in [0.05, 0.1) is 11.9 Å². The molecule has 0 saturated carbocycles. The molecule has 1 aromatic rings. The molecule has 3 heterocycles. The largest absolute Gasteiger partial charge is 0.366 e. The quantitative estimate of drug-likeness (QED) is 0.893. The third-order valence-electron chi connectivity index (χ3n) is 5.06. The molecule has 0 amide bonds. The van der Waals surface area contributed by atoms with Crippen LogP contribution in [0.4, 0.5) is 5.69 Å². The minimum Gasteiger partial charge on any atom is -0.366 e. The van der Waals surface area contributed by atoms with E-state index in [1.165, 1.54) is 11.3 Å². The highest BCUT2D eigenvalue weighted by Crippen LogP contribution is 2.22. The molecule has 25 heavy (non-hydrogen) atoms. The standard InChI is InChI=1S/C18H24N6O/c1-3-16-14(5-4-6-20-16)13(2)23-7-9-24(10-8-23)17-12-21-22-18(25)15(17)11-19/h5,12-13H,3-4,6-10H2,1-2H3,(H,22,25)/t13-/m0/s1. The zero-order chi connectivity index (χ0) is 17.8. The summed E-state index contributed by atoms with van der Waals surface area (Å²) in [4.78, 5) is 21.0. The maximum absolute atomic E-state index is 11.8. The Kier molecular flexibility index (Phi) is 5.29. The minimum atomic E-state index is -0.424. The molecule has 1 fully saturated rings. The average molecular weight is 340 g/mol. The molecular formula is C18H24N6O. The maximum Gasteiger partial charge on any atom is 0.284 e. The molecule has 0 unspecified atom stereocenters. The Morgan fingerprint density at radius 2 is 2.12 bits per heavy atom. The summed E-state index contributed by atoms with van der Waals surface area (Å²) in [6.07, 6.45) is 5.90. The molecule has 2 aliphatic heterocycles. The van der Waals surface area contributed by atoms with Gasteiger partial charge in [-0.05, 0) is 25.3 Å². The van der Waals surface area contributed by atoms with Crippen LogP contribution in [0.1, 0.15) is 32.3 Å². The molecule has 3 rings (SSSR count). The van der Waals surface area contributed by atoms with Crippen LogP contribution in [-0.2, 0) is 0 Å². The molecule has 0 aromatic carbocycles. The van der Waals surface area contributed by atoms with Gasteiger partial charge in [0, 0.05) is 44.5 Å². The van der Waals surface area contributed by atoms with Crippen molar-refractivity contribution in [3.63, 3.8) is 0 Å². The summed E-state index contributed by atoms with van der Waals surface area (Å²) < 4.78 is 0. The fraction of sp³-hybridized carbons (Fsp3) is 0.556. The van der Waals surface area contributed by atoms with E-state index in [2.05, 4.69) is 44.9 Å². The lowest BCUT2D eigenvalue weighted by molar-refractivity contribution is 0.222. The Balaban J connectivity index is 1.69. The van der Waals surface area contributed by atoms with Crippen LogP contribution in [0, 0.1) is 11.3 Å². The Morgan fingerprint density at radius 1 is 1.36 bits per heavy atom. The lowest BCUT2D eigenvalue weighted by Crippen LogP contribution is -2.51. The normalized spacial score (nSPS) is 19.8. The van der Waals surface area contributed by atoms with Gasteiger partial charge in [-0.2, -0.15) is 10.4 Å². The van der Waals surface area contributed by atoms with Crippen LogP contribution in [-0.4, -0.2) is 59.6 Å². The van der Waals surface area contributed by atoms with E-state index in [9.17, 15) is 10.1 Å². The summed E-state index contributed by atoms with van der Waals surface area (Å²) in [5, 5.41) is 15.4. The molecule has 7 nitrogen and oxygen atoms in total. The van der Waals surface area contributed by atoms with Crippen LogP contribution in [0.25, 0.3) is 0 Å². The fourth-order valence-corrected chi connectivity index (χ4v) is 3.64. The van der Waals surface area contributed by atoms with E-state index in [1.807, 2.05) is 6.07 Å². The first-order valence-corrected chi connectivity index (χ1v) is 8.86. The summed E-state index contributed by atoms with van der Waals surface area (Å²) in [5.41, 5.74) is 2.94. The predicted octanol–water partition coefficient (Wildman–Crippen LogP) is 1.33. The summed E-state index contributed by atoms with van der Waals surface area (Å²) in [6.45, 7) is 8.62. The topological polar surface area (TPSA) is 88.4 Å². The van der Waals surface area contributed by atoms with Gasteiger partial charge >= 0.3 is 0 Å². The Morgan fingerprint density at radius 3 is 2.80 bits per heavy atom. The van der Waals surface area contributed by atoms with E-state index in [4.69, 9.17) is 0 Å². The number of nitriles is 1.